The fourth-order valence-electron chi connectivity index (χ4n) is 2.00. The molecule has 0 fully saturated rings. The molecule has 0 aromatic heterocycles. The molecule has 0 saturated heterocycles. The highest BCUT2D eigenvalue weighted by Gasteiger charge is 2.34. The highest BCUT2D eigenvalue weighted by Crippen LogP contribution is 2.30. The Hall–Kier alpha value is -2.12. The standard InChI is InChI=1S/C16H15NO2S/c1-12-7-9-15(10-8-12)20(18,19)16(17-3)14-6-4-5-13(2)11-14/h4-11,16H,1-2H3. The summed E-state index contributed by atoms with van der Waals surface area (Å²) >= 11 is 0. The van der Waals surface area contributed by atoms with Gasteiger partial charge in [0.2, 0.25) is 0 Å². The van der Waals surface area contributed by atoms with E-state index < -0.39 is 15.2 Å². The van der Waals surface area contributed by atoms with E-state index in [-0.39, 0.29) is 4.90 Å². The largest absolute Gasteiger partial charge is 0.350 e. The molecule has 0 aliphatic heterocycles. The van der Waals surface area contributed by atoms with Gasteiger partial charge in [0.05, 0.1) is 10.5 Å². The van der Waals surface area contributed by atoms with Crippen molar-refractivity contribution in [2.75, 3.05) is 0 Å². The van der Waals surface area contributed by atoms with Gasteiger partial charge >= 0.3 is 5.37 Å². The molecule has 0 saturated carbocycles. The molecule has 2 aromatic carbocycles. The molecule has 0 N–H and O–H groups in total. The van der Waals surface area contributed by atoms with E-state index >= 15 is 0 Å². The first-order valence-corrected chi connectivity index (χ1v) is 7.73. The predicted octanol–water partition coefficient (Wildman–Crippen LogP) is 3.70. The molecule has 2 rings (SSSR count). The van der Waals surface area contributed by atoms with Gasteiger partial charge in [0.1, 0.15) is 0 Å². The summed E-state index contributed by atoms with van der Waals surface area (Å²) in [4.78, 5) is 3.52. The molecule has 3 nitrogen and oxygen atoms in total. The van der Waals surface area contributed by atoms with Crippen LogP contribution in [0.25, 0.3) is 4.85 Å². The van der Waals surface area contributed by atoms with Crippen LogP contribution >= 0.6 is 0 Å². The number of benzene rings is 2. The van der Waals surface area contributed by atoms with E-state index in [2.05, 4.69) is 4.85 Å². The summed E-state index contributed by atoms with van der Waals surface area (Å²) in [7, 11) is -3.69. The Balaban J connectivity index is 2.51. The van der Waals surface area contributed by atoms with Crippen LogP contribution in [0.2, 0.25) is 0 Å². The van der Waals surface area contributed by atoms with E-state index in [0.717, 1.165) is 11.1 Å². The summed E-state index contributed by atoms with van der Waals surface area (Å²) < 4.78 is 25.1. The van der Waals surface area contributed by atoms with Crippen LogP contribution in [0.1, 0.15) is 22.1 Å². The smallest absolute Gasteiger partial charge is 0.291 e. The Labute approximate surface area is 119 Å². The molecule has 0 amide bonds. The van der Waals surface area contributed by atoms with Crippen molar-refractivity contribution in [3.8, 4) is 0 Å². The Morgan fingerprint density at radius 3 is 2.20 bits per heavy atom. The first kappa shape index (κ1) is 14.3. The maximum Gasteiger partial charge on any atom is 0.350 e. The van der Waals surface area contributed by atoms with Crippen molar-refractivity contribution < 1.29 is 8.42 Å². The summed E-state index contributed by atoms with van der Waals surface area (Å²) in [5.41, 5.74) is 2.44. The van der Waals surface area contributed by atoms with Gasteiger partial charge in [-0.05, 0) is 32.0 Å². The Morgan fingerprint density at radius 1 is 1.00 bits per heavy atom. The lowest BCUT2D eigenvalue weighted by Crippen LogP contribution is -2.10. The van der Waals surface area contributed by atoms with Crippen LogP contribution in [-0.2, 0) is 9.84 Å². The normalized spacial score (nSPS) is 12.7. The van der Waals surface area contributed by atoms with E-state index in [1.54, 1.807) is 42.5 Å². The maximum atomic E-state index is 12.6. The molecular formula is C16H15NO2S. The fourth-order valence-corrected chi connectivity index (χ4v) is 3.42. The van der Waals surface area contributed by atoms with E-state index in [9.17, 15) is 8.42 Å². The van der Waals surface area contributed by atoms with Crippen molar-refractivity contribution in [2.24, 2.45) is 0 Å². The van der Waals surface area contributed by atoms with E-state index in [1.165, 1.54) is 0 Å². The second-order valence-electron chi connectivity index (χ2n) is 4.75. The van der Waals surface area contributed by atoms with Gasteiger partial charge in [-0.1, -0.05) is 41.5 Å². The molecule has 102 valence electrons. The molecular weight excluding hydrogens is 270 g/mol. The minimum atomic E-state index is -3.69. The molecule has 1 unspecified atom stereocenters. The van der Waals surface area contributed by atoms with Gasteiger partial charge in [-0.25, -0.2) is 15.0 Å². The van der Waals surface area contributed by atoms with E-state index in [0.29, 0.717) is 5.56 Å². The lowest BCUT2D eigenvalue weighted by Gasteiger charge is -2.09. The number of hydrogen-bond acceptors (Lipinski definition) is 2. The molecule has 4 heteroatoms. The number of rotatable bonds is 3. The molecule has 0 aliphatic rings. The number of hydrogen-bond donors (Lipinski definition) is 0. The molecule has 0 radical (unpaired) electrons. The minimum absolute atomic E-state index is 0.186. The number of nitrogens with zero attached hydrogens (tertiary/aromatic N) is 1. The lowest BCUT2D eigenvalue weighted by molar-refractivity contribution is 0.590. The zero-order valence-corrected chi connectivity index (χ0v) is 12.2. The second-order valence-corrected chi connectivity index (χ2v) is 6.76. The van der Waals surface area contributed by atoms with Gasteiger partial charge in [0.25, 0.3) is 9.84 Å². The Morgan fingerprint density at radius 2 is 1.65 bits per heavy atom. The monoisotopic (exact) mass is 285 g/mol. The van der Waals surface area contributed by atoms with Crippen LogP contribution in [0.15, 0.2) is 53.4 Å². The van der Waals surface area contributed by atoms with Crippen molar-refractivity contribution in [1.82, 2.24) is 0 Å². The van der Waals surface area contributed by atoms with Gasteiger partial charge in [0.15, 0.2) is 0 Å². The van der Waals surface area contributed by atoms with E-state index in [1.807, 2.05) is 19.9 Å². The average Bonchev–Trinajstić information content (AvgIpc) is 2.40. The molecule has 0 heterocycles. The fraction of sp³-hybridized carbons (Fsp3) is 0.188. The highest BCUT2D eigenvalue weighted by molar-refractivity contribution is 7.91. The summed E-state index contributed by atoms with van der Waals surface area (Å²) in [6, 6.07) is 13.7. The molecule has 2 aromatic rings. The summed E-state index contributed by atoms with van der Waals surface area (Å²) in [5, 5.41) is -1.19. The van der Waals surface area contributed by atoms with Crippen LogP contribution in [0.5, 0.6) is 0 Å². The topological polar surface area (TPSA) is 38.5 Å². The summed E-state index contributed by atoms with van der Waals surface area (Å²) in [6.07, 6.45) is 0. The van der Waals surface area contributed by atoms with Crippen LogP contribution < -0.4 is 0 Å². The van der Waals surface area contributed by atoms with Crippen LogP contribution in [0, 0.1) is 20.4 Å². The number of aryl methyl sites for hydroxylation is 2. The Bertz CT molecular complexity index is 756. The molecule has 0 spiro atoms. The predicted molar refractivity (Wildman–Crippen MR) is 78.9 cm³/mol. The van der Waals surface area contributed by atoms with Gasteiger partial charge in [-0.3, -0.25) is 4.85 Å². The van der Waals surface area contributed by atoms with Crippen molar-refractivity contribution in [3.63, 3.8) is 0 Å². The molecule has 20 heavy (non-hydrogen) atoms. The third kappa shape index (κ3) is 2.73. The molecule has 1 atom stereocenters. The Kier molecular flexibility index (Phi) is 3.91. The quantitative estimate of drug-likeness (QED) is 0.807. The van der Waals surface area contributed by atoms with Gasteiger partial charge in [-0.15, -0.1) is 0 Å². The highest BCUT2D eigenvalue weighted by atomic mass is 32.2. The van der Waals surface area contributed by atoms with E-state index in [4.69, 9.17) is 6.57 Å². The zero-order valence-electron chi connectivity index (χ0n) is 11.4. The average molecular weight is 285 g/mol. The minimum Gasteiger partial charge on any atom is -0.291 e. The maximum absolute atomic E-state index is 12.6. The molecule has 0 bridgehead atoms. The van der Waals surface area contributed by atoms with Crippen molar-refractivity contribution in [3.05, 3.63) is 76.6 Å². The number of sulfone groups is 1. The summed E-state index contributed by atoms with van der Waals surface area (Å²) in [6.45, 7) is 11.0. The van der Waals surface area contributed by atoms with Gasteiger partial charge in [-0.2, -0.15) is 0 Å². The second kappa shape index (κ2) is 5.48. The van der Waals surface area contributed by atoms with Crippen LogP contribution in [0.3, 0.4) is 0 Å². The van der Waals surface area contributed by atoms with Crippen LogP contribution in [0.4, 0.5) is 0 Å². The first-order valence-electron chi connectivity index (χ1n) is 6.19. The van der Waals surface area contributed by atoms with Crippen molar-refractivity contribution >= 4 is 9.84 Å². The summed E-state index contributed by atoms with van der Waals surface area (Å²) in [5.74, 6) is 0. The van der Waals surface area contributed by atoms with Crippen LogP contribution in [-0.4, -0.2) is 8.42 Å². The SMILES string of the molecule is [C-]#[N+]C(c1cccc(C)c1)S(=O)(=O)c1ccc(C)cc1. The van der Waals surface area contributed by atoms with Gasteiger partial charge < -0.3 is 0 Å². The molecule has 0 aliphatic carbocycles. The van der Waals surface area contributed by atoms with Crippen molar-refractivity contribution in [2.45, 2.75) is 24.1 Å². The zero-order chi connectivity index (χ0) is 14.8. The van der Waals surface area contributed by atoms with Crippen molar-refractivity contribution in [1.29, 1.82) is 0 Å². The first-order chi connectivity index (χ1) is 9.45. The van der Waals surface area contributed by atoms with Gasteiger partial charge in [0, 0.05) is 0 Å². The third-order valence-corrected chi connectivity index (χ3v) is 4.98. The third-order valence-electron chi connectivity index (χ3n) is 3.09. The lowest BCUT2D eigenvalue weighted by atomic mass is 10.1.